The van der Waals surface area contributed by atoms with Gasteiger partial charge < -0.3 is 65.1 Å². The van der Waals surface area contributed by atoms with Gasteiger partial charge in [-0.15, -0.1) is 0 Å². The van der Waals surface area contributed by atoms with Crippen LogP contribution in [0, 0.1) is 0 Å². The maximum Gasteiger partial charge on any atom is 0.220 e. The van der Waals surface area contributed by atoms with Crippen molar-refractivity contribution in [3.8, 4) is 0 Å². The highest BCUT2D eigenvalue weighted by atomic mass is 16.7. The van der Waals surface area contributed by atoms with Gasteiger partial charge in [0.15, 0.2) is 12.6 Å². The molecule has 0 saturated carbocycles. The second kappa shape index (κ2) is 39.4. The third kappa shape index (κ3) is 26.0. The molecule has 2 aliphatic rings. The van der Waals surface area contributed by atoms with Gasteiger partial charge >= 0.3 is 0 Å². The molecule has 14 nitrogen and oxygen atoms in total. The lowest BCUT2D eigenvalue weighted by Crippen LogP contribution is -2.65. The van der Waals surface area contributed by atoms with Crippen molar-refractivity contribution in [2.45, 2.75) is 203 Å². The van der Waals surface area contributed by atoms with Gasteiger partial charge in [0.25, 0.3) is 0 Å². The van der Waals surface area contributed by atoms with E-state index in [0.29, 0.717) is 12.8 Å². The van der Waals surface area contributed by atoms with E-state index in [1.807, 2.05) is 19.1 Å². The summed E-state index contributed by atoms with van der Waals surface area (Å²) < 4.78 is 22.6. The summed E-state index contributed by atoms with van der Waals surface area (Å²) >= 11 is 0. The lowest BCUT2D eigenvalue weighted by Gasteiger charge is -2.46. The fraction of sp³-hybridized carbons (Fsp3) is 0.648. The molecule has 2 saturated heterocycles. The van der Waals surface area contributed by atoms with Crippen LogP contribution in [0.3, 0.4) is 0 Å². The van der Waals surface area contributed by atoms with Gasteiger partial charge in [0.1, 0.15) is 48.8 Å². The number of aliphatic hydroxyl groups excluding tert-OH is 8. The Labute approximate surface area is 406 Å². The van der Waals surface area contributed by atoms with Crippen molar-refractivity contribution < 1.29 is 64.6 Å². The van der Waals surface area contributed by atoms with Crippen LogP contribution in [0.25, 0.3) is 0 Å². The first-order valence-corrected chi connectivity index (χ1v) is 25.1. The number of ether oxygens (including phenoxy) is 4. The molecule has 1 amide bonds. The molecule has 0 bridgehead atoms. The molecule has 0 aromatic heterocycles. The zero-order chi connectivity index (χ0) is 49.6. The number of allylic oxidation sites excluding steroid dienone is 17. The third-order valence-corrected chi connectivity index (χ3v) is 11.5. The molecule has 2 heterocycles. The van der Waals surface area contributed by atoms with E-state index < -0.39 is 86.8 Å². The van der Waals surface area contributed by atoms with Gasteiger partial charge in [0.2, 0.25) is 5.91 Å². The quantitative estimate of drug-likeness (QED) is 0.0241. The first kappa shape index (κ1) is 60.8. The van der Waals surface area contributed by atoms with E-state index in [1.165, 1.54) is 0 Å². The van der Waals surface area contributed by atoms with Crippen molar-refractivity contribution in [2.24, 2.45) is 0 Å². The Bertz CT molecular complexity index is 1550. The predicted molar refractivity (Wildman–Crippen MR) is 267 cm³/mol. The number of carbonyl (C=O) groups is 1. The second-order valence-corrected chi connectivity index (χ2v) is 17.2. The molecule has 9 N–H and O–H groups in total. The summed E-state index contributed by atoms with van der Waals surface area (Å²) in [7, 11) is 0. The van der Waals surface area contributed by atoms with Crippen LogP contribution in [-0.4, -0.2) is 140 Å². The number of nitrogens with one attached hydrogen (secondary N) is 1. The minimum Gasteiger partial charge on any atom is -0.394 e. The van der Waals surface area contributed by atoms with E-state index in [2.05, 4.69) is 103 Å². The average Bonchev–Trinajstić information content (AvgIpc) is 3.34. The van der Waals surface area contributed by atoms with E-state index in [1.54, 1.807) is 6.08 Å². The lowest BCUT2D eigenvalue weighted by molar-refractivity contribution is -0.359. The van der Waals surface area contributed by atoms with Crippen molar-refractivity contribution in [3.05, 3.63) is 109 Å². The van der Waals surface area contributed by atoms with Crippen LogP contribution in [0.4, 0.5) is 0 Å². The maximum atomic E-state index is 13.1. The molecule has 2 rings (SSSR count). The van der Waals surface area contributed by atoms with Gasteiger partial charge in [-0.25, -0.2) is 0 Å². The first-order valence-electron chi connectivity index (χ1n) is 25.1. The van der Waals surface area contributed by atoms with Crippen molar-refractivity contribution in [2.75, 3.05) is 19.8 Å². The number of unbranched alkanes of at least 4 members (excludes halogenated alkanes) is 8. The molecule has 14 heteroatoms. The highest BCUT2D eigenvalue weighted by molar-refractivity contribution is 5.76. The van der Waals surface area contributed by atoms with Crippen LogP contribution in [0.5, 0.6) is 0 Å². The Hall–Kier alpha value is -3.35. The molecule has 2 fully saturated rings. The second-order valence-electron chi connectivity index (χ2n) is 17.2. The molecule has 0 radical (unpaired) electrons. The predicted octanol–water partition coefficient (Wildman–Crippen LogP) is 6.54. The van der Waals surface area contributed by atoms with Crippen molar-refractivity contribution in [1.29, 1.82) is 0 Å². The Morgan fingerprint density at radius 3 is 1.62 bits per heavy atom. The summed E-state index contributed by atoms with van der Waals surface area (Å²) in [6, 6.07) is -0.951. The molecule has 12 unspecified atom stereocenters. The normalized spacial score (nSPS) is 27.3. The van der Waals surface area contributed by atoms with Crippen LogP contribution in [-0.2, 0) is 23.7 Å². The minimum absolute atomic E-state index is 0.244. The molecule has 68 heavy (non-hydrogen) atoms. The summed E-state index contributed by atoms with van der Waals surface area (Å²) in [6.45, 7) is 2.36. The van der Waals surface area contributed by atoms with E-state index in [9.17, 15) is 45.6 Å². The van der Waals surface area contributed by atoms with Gasteiger partial charge in [-0.05, 0) is 90.4 Å². The number of hydrogen-bond acceptors (Lipinski definition) is 13. The Balaban J connectivity index is 1.78. The summed E-state index contributed by atoms with van der Waals surface area (Å²) in [5.41, 5.74) is 0. The van der Waals surface area contributed by atoms with Crippen LogP contribution in [0.1, 0.15) is 129 Å². The molecule has 12 atom stereocenters. The van der Waals surface area contributed by atoms with Crippen LogP contribution in [0.2, 0.25) is 0 Å². The molecule has 0 spiro atoms. The zero-order valence-electron chi connectivity index (χ0n) is 40.8. The van der Waals surface area contributed by atoms with Gasteiger partial charge in [-0.3, -0.25) is 4.79 Å². The molecule has 0 aromatic carbocycles. The first-order chi connectivity index (χ1) is 33.1. The smallest absolute Gasteiger partial charge is 0.220 e. The van der Waals surface area contributed by atoms with Crippen LogP contribution in [0.15, 0.2) is 109 Å². The Kier molecular flexibility index (Phi) is 35.2. The van der Waals surface area contributed by atoms with E-state index in [0.717, 1.165) is 96.3 Å². The molecular formula is C54H87NO13. The fourth-order valence-corrected chi connectivity index (χ4v) is 7.45. The van der Waals surface area contributed by atoms with Gasteiger partial charge in [-0.2, -0.15) is 0 Å². The lowest BCUT2D eigenvalue weighted by atomic mass is 9.97. The third-order valence-electron chi connectivity index (χ3n) is 11.5. The summed E-state index contributed by atoms with van der Waals surface area (Å²) in [4.78, 5) is 13.1. The molecule has 2 aliphatic heterocycles. The van der Waals surface area contributed by atoms with E-state index >= 15 is 0 Å². The van der Waals surface area contributed by atoms with E-state index in [-0.39, 0.29) is 18.9 Å². The summed E-state index contributed by atoms with van der Waals surface area (Å²) in [6.07, 6.45) is 37.3. The molecular weight excluding hydrogens is 871 g/mol. The van der Waals surface area contributed by atoms with Crippen molar-refractivity contribution in [1.82, 2.24) is 5.32 Å². The van der Waals surface area contributed by atoms with Crippen molar-refractivity contribution in [3.63, 3.8) is 0 Å². The fourth-order valence-electron chi connectivity index (χ4n) is 7.45. The number of rotatable bonds is 36. The topological polar surface area (TPSA) is 228 Å². The number of amides is 1. The monoisotopic (exact) mass is 958 g/mol. The molecule has 0 aliphatic carbocycles. The highest BCUT2D eigenvalue weighted by Crippen LogP contribution is 2.30. The number of carbonyl (C=O) groups excluding carboxylic acids is 1. The van der Waals surface area contributed by atoms with Gasteiger partial charge in [0.05, 0.1) is 32.0 Å². The zero-order valence-corrected chi connectivity index (χ0v) is 40.8. The minimum atomic E-state index is -1.80. The van der Waals surface area contributed by atoms with Crippen LogP contribution >= 0.6 is 0 Å². The Morgan fingerprint density at radius 2 is 1.04 bits per heavy atom. The molecule has 386 valence electrons. The Morgan fingerprint density at radius 1 is 0.559 bits per heavy atom. The van der Waals surface area contributed by atoms with Gasteiger partial charge in [0, 0.05) is 6.42 Å². The van der Waals surface area contributed by atoms with Crippen molar-refractivity contribution >= 4 is 5.91 Å². The highest BCUT2D eigenvalue weighted by Gasteiger charge is 2.51. The maximum absolute atomic E-state index is 13.1. The largest absolute Gasteiger partial charge is 0.394 e. The SMILES string of the molecule is C/C=C/CC/C=C/CC/C=C/C(O)C(COC1OC(CO)C(OC2OC(CO)C(O)C(O)C2O)C(O)C1O)NC(=O)CCCCCCCC/C=C\C/C=C\C/C=C\C/C=C\C/C=C\C/C=C\CC. The number of hydrogen-bond donors (Lipinski definition) is 9. The summed E-state index contributed by atoms with van der Waals surface area (Å²) in [5.74, 6) is -0.279. The molecule has 0 aromatic rings. The average molecular weight is 958 g/mol. The van der Waals surface area contributed by atoms with Gasteiger partial charge in [-0.1, -0.05) is 142 Å². The standard InChI is InChI=1S/C54H87NO13/c1-3-5-7-9-11-13-14-15-16-17-18-19-20-21-22-23-24-25-26-27-28-30-32-34-36-38-46(59)55-42(43(58)37-35-33-31-29-12-10-8-6-4-2)41-65-53-51(64)49(62)52(45(40-57)67-53)68-54-50(63)48(61)47(60)44(39-56)66-54/h4-7,11-13,15-16,18-19,21-22,24-25,29,35,37,42-45,47-54,56-58,60-64H,3,8-10,14,17,20,23,26-28,30-34,36,38-41H2,1-2H3,(H,55,59)/b6-4+,7-5-,13-11-,16-15-,19-18-,22-21-,25-24-,29-12+,37-35+. The summed E-state index contributed by atoms with van der Waals surface area (Å²) in [5, 5.41) is 86.5. The number of aliphatic hydroxyl groups is 8. The van der Waals surface area contributed by atoms with E-state index in [4.69, 9.17) is 18.9 Å². The van der Waals surface area contributed by atoms with Crippen LogP contribution < -0.4 is 5.32 Å².